The molecule has 0 unspecified atom stereocenters. The first-order valence-electron chi connectivity index (χ1n) is 8.34. The van der Waals surface area contributed by atoms with E-state index in [2.05, 4.69) is 34.7 Å². The molecule has 132 valence electrons. The van der Waals surface area contributed by atoms with Gasteiger partial charge in [-0.15, -0.1) is 5.10 Å². The first-order chi connectivity index (χ1) is 11.4. The Morgan fingerprint density at radius 2 is 2.08 bits per heavy atom. The number of carbonyl (C=O) groups excluding carboxylic acids is 1. The van der Waals surface area contributed by atoms with E-state index >= 15 is 0 Å². The molecule has 0 bridgehead atoms. The van der Waals surface area contributed by atoms with Gasteiger partial charge in [0.05, 0.1) is 12.0 Å². The third-order valence-corrected chi connectivity index (χ3v) is 5.14. The van der Waals surface area contributed by atoms with Gasteiger partial charge in [0, 0.05) is 27.1 Å². The SMILES string of the molecule is CCCCOC(=O)c1ncc2cn(COCC[Si](C)(C)C)nc2n1. The van der Waals surface area contributed by atoms with E-state index in [9.17, 15) is 4.79 Å². The van der Waals surface area contributed by atoms with Crippen LogP contribution >= 0.6 is 0 Å². The van der Waals surface area contributed by atoms with Crippen molar-refractivity contribution in [1.29, 1.82) is 0 Å². The van der Waals surface area contributed by atoms with Crippen LogP contribution in [0.25, 0.3) is 11.0 Å². The number of esters is 1. The van der Waals surface area contributed by atoms with E-state index in [4.69, 9.17) is 9.47 Å². The number of fused-ring (bicyclic) bond motifs is 1. The minimum Gasteiger partial charge on any atom is -0.460 e. The predicted molar refractivity (Wildman–Crippen MR) is 94.6 cm³/mol. The zero-order valence-corrected chi connectivity index (χ0v) is 15.9. The van der Waals surface area contributed by atoms with Crippen molar-refractivity contribution in [1.82, 2.24) is 19.7 Å². The summed E-state index contributed by atoms with van der Waals surface area (Å²) in [5, 5.41) is 5.10. The Morgan fingerprint density at radius 1 is 1.29 bits per heavy atom. The van der Waals surface area contributed by atoms with Gasteiger partial charge < -0.3 is 9.47 Å². The van der Waals surface area contributed by atoms with Crippen LogP contribution in [0.1, 0.15) is 30.4 Å². The van der Waals surface area contributed by atoms with Gasteiger partial charge in [0.2, 0.25) is 5.82 Å². The van der Waals surface area contributed by atoms with Crippen molar-refractivity contribution in [3.63, 3.8) is 0 Å². The van der Waals surface area contributed by atoms with Crippen molar-refractivity contribution in [2.45, 2.75) is 52.2 Å². The van der Waals surface area contributed by atoms with Crippen LogP contribution in [0.3, 0.4) is 0 Å². The molecule has 0 spiro atoms. The van der Waals surface area contributed by atoms with Gasteiger partial charge >= 0.3 is 5.97 Å². The van der Waals surface area contributed by atoms with Gasteiger partial charge in [-0.1, -0.05) is 33.0 Å². The van der Waals surface area contributed by atoms with E-state index in [1.165, 1.54) is 0 Å². The number of rotatable bonds is 9. The zero-order valence-electron chi connectivity index (χ0n) is 14.9. The van der Waals surface area contributed by atoms with Crippen LogP contribution < -0.4 is 0 Å². The molecule has 0 amide bonds. The highest BCUT2D eigenvalue weighted by molar-refractivity contribution is 6.76. The van der Waals surface area contributed by atoms with Gasteiger partial charge in [-0.2, -0.15) is 0 Å². The molecule has 0 saturated heterocycles. The van der Waals surface area contributed by atoms with Crippen LogP contribution in [0.4, 0.5) is 0 Å². The Bertz CT molecular complexity index is 682. The van der Waals surface area contributed by atoms with Crippen LogP contribution in [0.15, 0.2) is 12.4 Å². The molecule has 0 aromatic carbocycles. The van der Waals surface area contributed by atoms with E-state index in [1.807, 2.05) is 13.1 Å². The number of ether oxygens (including phenoxy) is 2. The number of carbonyl (C=O) groups is 1. The van der Waals surface area contributed by atoms with Gasteiger partial charge in [-0.05, 0) is 12.5 Å². The average Bonchev–Trinajstić information content (AvgIpc) is 2.92. The molecule has 2 aromatic heterocycles. The second-order valence-electron chi connectivity index (χ2n) is 6.98. The zero-order chi connectivity index (χ0) is 17.6. The molecule has 0 saturated carbocycles. The molecule has 0 fully saturated rings. The highest BCUT2D eigenvalue weighted by Gasteiger charge is 2.14. The smallest absolute Gasteiger partial charge is 0.376 e. The van der Waals surface area contributed by atoms with Crippen molar-refractivity contribution >= 4 is 25.1 Å². The summed E-state index contributed by atoms with van der Waals surface area (Å²) < 4.78 is 12.5. The molecule has 0 N–H and O–H groups in total. The third-order valence-electron chi connectivity index (χ3n) is 3.44. The summed E-state index contributed by atoms with van der Waals surface area (Å²) in [6.07, 6.45) is 5.20. The summed E-state index contributed by atoms with van der Waals surface area (Å²) in [7, 11) is -1.09. The van der Waals surface area contributed by atoms with Crippen LogP contribution in [0.5, 0.6) is 0 Å². The maximum atomic E-state index is 11.9. The lowest BCUT2D eigenvalue weighted by atomic mass is 10.4. The average molecular weight is 350 g/mol. The first-order valence-corrected chi connectivity index (χ1v) is 12.0. The van der Waals surface area contributed by atoms with Gasteiger partial charge in [0.15, 0.2) is 5.65 Å². The molecule has 0 radical (unpaired) electrons. The van der Waals surface area contributed by atoms with E-state index in [0.717, 1.165) is 30.9 Å². The highest BCUT2D eigenvalue weighted by atomic mass is 28.3. The normalized spacial score (nSPS) is 11.8. The Labute approximate surface area is 143 Å². The number of unbranched alkanes of at least 4 members (excludes halogenated alkanes) is 1. The quantitative estimate of drug-likeness (QED) is 0.393. The lowest BCUT2D eigenvalue weighted by molar-refractivity contribution is 0.0485. The van der Waals surface area contributed by atoms with Crippen LogP contribution in [-0.2, 0) is 16.2 Å². The van der Waals surface area contributed by atoms with Crippen molar-refractivity contribution in [2.75, 3.05) is 13.2 Å². The number of aromatic nitrogens is 4. The Balaban J connectivity index is 1.94. The van der Waals surface area contributed by atoms with Gasteiger partial charge in [-0.3, -0.25) is 0 Å². The lowest BCUT2D eigenvalue weighted by Crippen LogP contribution is -2.22. The molecular weight excluding hydrogens is 324 g/mol. The third kappa shape index (κ3) is 5.68. The molecule has 2 rings (SSSR count). The summed E-state index contributed by atoms with van der Waals surface area (Å²) in [6, 6.07) is 1.11. The molecule has 0 aliphatic heterocycles. The minimum atomic E-state index is -1.09. The van der Waals surface area contributed by atoms with Crippen LogP contribution in [0.2, 0.25) is 25.7 Å². The van der Waals surface area contributed by atoms with E-state index in [0.29, 0.717) is 19.0 Å². The summed E-state index contributed by atoms with van der Waals surface area (Å²) in [5.41, 5.74) is 0.473. The van der Waals surface area contributed by atoms with Crippen LogP contribution in [-0.4, -0.2) is 47.0 Å². The van der Waals surface area contributed by atoms with E-state index in [1.54, 1.807) is 10.9 Å². The molecule has 0 aliphatic rings. The van der Waals surface area contributed by atoms with Crippen molar-refractivity contribution in [2.24, 2.45) is 0 Å². The fraction of sp³-hybridized carbons (Fsp3) is 0.625. The standard InChI is InChI=1S/C16H26N4O3Si/c1-5-6-7-23-16(21)15-17-10-13-11-20(19-14(13)18-15)12-22-8-9-24(2,3)4/h10-11H,5-9,12H2,1-4H3. The molecule has 0 atom stereocenters. The summed E-state index contributed by atoms with van der Waals surface area (Å²) in [6.45, 7) is 10.5. The minimum absolute atomic E-state index is 0.0449. The maximum Gasteiger partial charge on any atom is 0.376 e. The topological polar surface area (TPSA) is 79.1 Å². The molecule has 2 heterocycles. The predicted octanol–water partition coefficient (Wildman–Crippen LogP) is 3.10. The monoisotopic (exact) mass is 350 g/mol. The fourth-order valence-corrected chi connectivity index (χ4v) is 2.70. The maximum absolute atomic E-state index is 11.9. The Kier molecular flexibility index (Phi) is 6.44. The van der Waals surface area contributed by atoms with Gasteiger partial charge in [0.25, 0.3) is 0 Å². The summed E-state index contributed by atoms with van der Waals surface area (Å²) in [4.78, 5) is 20.1. The number of hydrogen-bond acceptors (Lipinski definition) is 6. The van der Waals surface area contributed by atoms with Crippen molar-refractivity contribution in [3.8, 4) is 0 Å². The van der Waals surface area contributed by atoms with Crippen molar-refractivity contribution < 1.29 is 14.3 Å². The van der Waals surface area contributed by atoms with Gasteiger partial charge in [0.1, 0.15) is 6.73 Å². The Hall–Kier alpha value is -1.80. The largest absolute Gasteiger partial charge is 0.460 e. The molecule has 2 aromatic rings. The highest BCUT2D eigenvalue weighted by Crippen LogP contribution is 2.11. The molecule has 24 heavy (non-hydrogen) atoms. The van der Waals surface area contributed by atoms with E-state index < -0.39 is 14.0 Å². The first kappa shape index (κ1) is 18.5. The van der Waals surface area contributed by atoms with E-state index in [-0.39, 0.29) is 5.82 Å². The summed E-state index contributed by atoms with van der Waals surface area (Å²) in [5.74, 6) is -0.463. The van der Waals surface area contributed by atoms with Crippen LogP contribution in [0, 0.1) is 0 Å². The molecule has 7 nitrogen and oxygen atoms in total. The fourth-order valence-electron chi connectivity index (χ4n) is 1.94. The van der Waals surface area contributed by atoms with Gasteiger partial charge in [-0.25, -0.2) is 19.4 Å². The molecule has 8 heteroatoms. The molecular formula is C16H26N4O3Si. The lowest BCUT2D eigenvalue weighted by Gasteiger charge is -2.15. The number of nitrogens with zero attached hydrogens (tertiary/aromatic N) is 4. The number of hydrogen-bond donors (Lipinski definition) is 0. The summed E-state index contributed by atoms with van der Waals surface area (Å²) >= 11 is 0. The Morgan fingerprint density at radius 3 is 2.79 bits per heavy atom. The second kappa shape index (κ2) is 8.34. The second-order valence-corrected chi connectivity index (χ2v) is 12.6. The van der Waals surface area contributed by atoms with Crippen molar-refractivity contribution in [3.05, 3.63) is 18.2 Å². The molecule has 0 aliphatic carbocycles.